The van der Waals surface area contributed by atoms with E-state index in [1.807, 2.05) is 12.1 Å². The Balaban J connectivity index is 2.18. The van der Waals surface area contributed by atoms with Crippen molar-refractivity contribution in [2.24, 2.45) is 0 Å². The highest BCUT2D eigenvalue weighted by Crippen LogP contribution is 2.30. The maximum Gasteiger partial charge on any atom is 0.0438 e. The number of hydrogen-bond acceptors (Lipinski definition) is 2. The van der Waals surface area contributed by atoms with Crippen LogP contribution in [0.4, 0.5) is 0 Å². The molecule has 0 aromatic heterocycles. The lowest BCUT2D eigenvalue weighted by Gasteiger charge is -2.48. The summed E-state index contributed by atoms with van der Waals surface area (Å²) in [5.74, 6) is 0. The molecule has 0 spiro atoms. The molecule has 118 valence electrons. The molecule has 0 radical (unpaired) electrons. The molecular formula is C18H29ClN2. The first-order valence-electron chi connectivity index (χ1n) is 8.27. The third-order valence-electron chi connectivity index (χ3n) is 5.28. The van der Waals surface area contributed by atoms with Crippen molar-refractivity contribution in [1.82, 2.24) is 10.2 Å². The molecule has 0 bridgehead atoms. The summed E-state index contributed by atoms with van der Waals surface area (Å²) >= 11 is 6.36. The minimum absolute atomic E-state index is 0.189. The van der Waals surface area contributed by atoms with Crippen LogP contribution < -0.4 is 5.32 Å². The minimum Gasteiger partial charge on any atom is -0.315 e. The first kappa shape index (κ1) is 16.8. The highest BCUT2D eigenvalue weighted by Gasteiger charge is 2.38. The molecule has 2 unspecified atom stereocenters. The molecule has 1 N–H and O–H groups in total. The molecule has 1 fully saturated rings. The lowest BCUT2D eigenvalue weighted by Crippen LogP contribution is -2.60. The Morgan fingerprint density at radius 2 is 1.90 bits per heavy atom. The topological polar surface area (TPSA) is 15.3 Å². The number of piperidine rings is 1. The molecule has 1 aliphatic heterocycles. The third-order valence-corrected chi connectivity index (χ3v) is 5.64. The SMILES string of the molecule is CCC(C)(C(Cc1ccccc1Cl)NC)N1CCCCC1. The molecule has 0 amide bonds. The van der Waals surface area contributed by atoms with Gasteiger partial charge in [0.1, 0.15) is 0 Å². The average Bonchev–Trinajstić information content (AvgIpc) is 2.54. The second-order valence-electron chi connectivity index (χ2n) is 6.40. The molecule has 2 nitrogen and oxygen atoms in total. The van der Waals surface area contributed by atoms with E-state index >= 15 is 0 Å². The van der Waals surface area contributed by atoms with Crippen molar-refractivity contribution in [1.29, 1.82) is 0 Å². The van der Waals surface area contributed by atoms with Crippen LogP contribution in [0, 0.1) is 0 Å². The molecule has 21 heavy (non-hydrogen) atoms. The van der Waals surface area contributed by atoms with Crippen molar-refractivity contribution in [2.75, 3.05) is 20.1 Å². The molecule has 0 aliphatic carbocycles. The Hall–Kier alpha value is -0.570. The lowest BCUT2D eigenvalue weighted by atomic mass is 9.82. The van der Waals surface area contributed by atoms with Gasteiger partial charge in [0.2, 0.25) is 0 Å². The number of nitrogens with zero attached hydrogens (tertiary/aromatic N) is 1. The summed E-state index contributed by atoms with van der Waals surface area (Å²) in [4.78, 5) is 2.69. The number of likely N-dealkylation sites (N-methyl/N-ethyl adjacent to an activating group) is 1. The molecule has 1 aliphatic rings. The fraction of sp³-hybridized carbons (Fsp3) is 0.667. The third kappa shape index (κ3) is 3.80. The molecule has 2 atom stereocenters. The highest BCUT2D eigenvalue weighted by molar-refractivity contribution is 6.31. The second kappa shape index (κ2) is 7.62. The fourth-order valence-electron chi connectivity index (χ4n) is 3.61. The Morgan fingerprint density at radius 1 is 1.24 bits per heavy atom. The molecule has 1 saturated heterocycles. The van der Waals surface area contributed by atoms with Crippen LogP contribution in [0.2, 0.25) is 5.02 Å². The van der Waals surface area contributed by atoms with Gasteiger partial charge in [-0.15, -0.1) is 0 Å². The van der Waals surface area contributed by atoms with Crippen molar-refractivity contribution < 1.29 is 0 Å². The van der Waals surface area contributed by atoms with E-state index < -0.39 is 0 Å². The first-order chi connectivity index (χ1) is 10.1. The van der Waals surface area contributed by atoms with Crippen LogP contribution in [0.3, 0.4) is 0 Å². The van der Waals surface area contributed by atoms with Gasteiger partial charge in [-0.1, -0.05) is 43.1 Å². The van der Waals surface area contributed by atoms with Crippen LogP contribution in [0.15, 0.2) is 24.3 Å². The second-order valence-corrected chi connectivity index (χ2v) is 6.80. The lowest BCUT2D eigenvalue weighted by molar-refractivity contribution is 0.0453. The quantitative estimate of drug-likeness (QED) is 0.850. The van der Waals surface area contributed by atoms with E-state index in [4.69, 9.17) is 11.6 Å². The smallest absolute Gasteiger partial charge is 0.0438 e. The van der Waals surface area contributed by atoms with E-state index in [0.29, 0.717) is 6.04 Å². The molecule has 2 rings (SSSR count). The van der Waals surface area contributed by atoms with Crippen LogP contribution in [0.5, 0.6) is 0 Å². The van der Waals surface area contributed by atoms with Crippen molar-refractivity contribution in [2.45, 2.75) is 57.5 Å². The van der Waals surface area contributed by atoms with E-state index in [0.717, 1.165) is 17.9 Å². The van der Waals surface area contributed by atoms with E-state index in [2.05, 4.69) is 43.2 Å². The molecular weight excluding hydrogens is 280 g/mol. The summed E-state index contributed by atoms with van der Waals surface area (Å²) in [6, 6.07) is 8.65. The van der Waals surface area contributed by atoms with Gasteiger partial charge in [-0.3, -0.25) is 4.90 Å². The maximum atomic E-state index is 6.36. The molecule has 1 aromatic carbocycles. The zero-order chi connectivity index (χ0) is 15.3. The van der Waals surface area contributed by atoms with Gasteiger partial charge in [-0.05, 0) is 64.4 Å². The summed E-state index contributed by atoms with van der Waals surface area (Å²) < 4.78 is 0. The predicted octanol–water partition coefficient (Wildman–Crippen LogP) is 4.13. The van der Waals surface area contributed by atoms with E-state index in [1.165, 1.54) is 37.9 Å². The summed E-state index contributed by atoms with van der Waals surface area (Å²) in [5.41, 5.74) is 1.43. The van der Waals surface area contributed by atoms with Crippen LogP contribution in [-0.2, 0) is 6.42 Å². The fourth-order valence-corrected chi connectivity index (χ4v) is 3.82. The molecule has 1 aromatic rings. The summed E-state index contributed by atoms with van der Waals surface area (Å²) in [6.07, 6.45) is 6.18. The van der Waals surface area contributed by atoms with E-state index in [9.17, 15) is 0 Å². The van der Waals surface area contributed by atoms with Gasteiger partial charge in [0, 0.05) is 16.6 Å². The Kier molecular flexibility index (Phi) is 6.09. The number of rotatable bonds is 6. The Bertz CT molecular complexity index is 443. The van der Waals surface area contributed by atoms with Gasteiger partial charge in [-0.2, -0.15) is 0 Å². The first-order valence-corrected chi connectivity index (χ1v) is 8.65. The van der Waals surface area contributed by atoms with Gasteiger partial charge in [0.05, 0.1) is 0 Å². The van der Waals surface area contributed by atoms with Crippen LogP contribution in [-0.4, -0.2) is 36.6 Å². The van der Waals surface area contributed by atoms with E-state index in [1.54, 1.807) is 0 Å². The molecule has 0 saturated carbocycles. The van der Waals surface area contributed by atoms with Crippen LogP contribution in [0.25, 0.3) is 0 Å². The normalized spacial score (nSPS) is 21.0. The number of likely N-dealkylation sites (tertiary alicyclic amines) is 1. The summed E-state index contributed by atoms with van der Waals surface area (Å²) in [5, 5.41) is 4.45. The molecule has 3 heteroatoms. The standard InChI is InChI=1S/C18H29ClN2/c1-4-18(2,21-12-8-5-9-13-21)17(20-3)14-15-10-6-7-11-16(15)19/h6-7,10-11,17,20H,4-5,8-9,12-14H2,1-3H3. The van der Waals surface area contributed by atoms with Crippen molar-refractivity contribution >= 4 is 11.6 Å². The van der Waals surface area contributed by atoms with Crippen molar-refractivity contribution in [3.05, 3.63) is 34.9 Å². The van der Waals surface area contributed by atoms with Gasteiger partial charge in [-0.25, -0.2) is 0 Å². The zero-order valence-corrected chi connectivity index (χ0v) is 14.4. The number of benzene rings is 1. The predicted molar refractivity (Wildman–Crippen MR) is 92.1 cm³/mol. The summed E-state index contributed by atoms with van der Waals surface area (Å²) in [6.45, 7) is 7.18. The van der Waals surface area contributed by atoms with Crippen LogP contribution >= 0.6 is 11.6 Å². The highest BCUT2D eigenvalue weighted by atomic mass is 35.5. The molecule has 1 heterocycles. The Labute approximate surface area is 134 Å². The van der Waals surface area contributed by atoms with Gasteiger partial charge >= 0.3 is 0 Å². The van der Waals surface area contributed by atoms with Gasteiger partial charge in [0.25, 0.3) is 0 Å². The monoisotopic (exact) mass is 308 g/mol. The number of nitrogens with one attached hydrogen (secondary N) is 1. The van der Waals surface area contributed by atoms with Crippen molar-refractivity contribution in [3.8, 4) is 0 Å². The van der Waals surface area contributed by atoms with Gasteiger partial charge in [0.15, 0.2) is 0 Å². The van der Waals surface area contributed by atoms with Crippen LogP contribution in [0.1, 0.15) is 45.1 Å². The largest absolute Gasteiger partial charge is 0.315 e. The number of hydrogen-bond donors (Lipinski definition) is 1. The summed E-state index contributed by atoms with van der Waals surface area (Å²) in [7, 11) is 2.08. The number of halogens is 1. The van der Waals surface area contributed by atoms with Gasteiger partial charge < -0.3 is 5.32 Å². The van der Waals surface area contributed by atoms with E-state index in [-0.39, 0.29) is 5.54 Å². The maximum absolute atomic E-state index is 6.36. The Morgan fingerprint density at radius 3 is 2.48 bits per heavy atom. The minimum atomic E-state index is 0.189. The van der Waals surface area contributed by atoms with Crippen molar-refractivity contribution in [3.63, 3.8) is 0 Å². The average molecular weight is 309 g/mol. The zero-order valence-electron chi connectivity index (χ0n) is 13.7.